The predicted octanol–water partition coefficient (Wildman–Crippen LogP) is 2.38. The fourth-order valence-corrected chi connectivity index (χ4v) is 2.61. The molecular weight excluding hydrogens is 294 g/mol. The highest BCUT2D eigenvalue weighted by Crippen LogP contribution is 2.11. The molecule has 0 aromatic carbocycles. The zero-order valence-electron chi connectivity index (χ0n) is 14.0. The number of aromatic nitrogens is 2. The first-order valence-corrected chi connectivity index (χ1v) is 8.43. The first-order chi connectivity index (χ1) is 11.1. The zero-order chi connectivity index (χ0) is 16.7. The molecule has 2 heterocycles. The molecule has 0 atom stereocenters. The van der Waals surface area contributed by atoms with E-state index in [2.05, 4.69) is 15.7 Å². The highest BCUT2D eigenvalue weighted by Gasteiger charge is 2.15. The molecule has 1 aliphatic rings. The summed E-state index contributed by atoms with van der Waals surface area (Å²) < 4.78 is 1.79. The average molecular weight is 321 g/mol. The Labute approximate surface area is 137 Å². The van der Waals surface area contributed by atoms with Crippen LogP contribution in [0, 0.1) is 0 Å². The molecule has 1 aliphatic heterocycles. The van der Waals surface area contributed by atoms with Crippen molar-refractivity contribution in [2.45, 2.75) is 52.0 Å². The van der Waals surface area contributed by atoms with Crippen molar-refractivity contribution in [1.29, 1.82) is 0 Å². The molecule has 0 bridgehead atoms. The van der Waals surface area contributed by atoms with Gasteiger partial charge in [0.25, 0.3) is 0 Å². The number of hydrogen-bond donors (Lipinski definition) is 2. The van der Waals surface area contributed by atoms with Crippen LogP contribution in [0.1, 0.15) is 52.0 Å². The summed E-state index contributed by atoms with van der Waals surface area (Å²) in [7, 11) is 0. The van der Waals surface area contributed by atoms with Crippen LogP contribution in [0.2, 0.25) is 0 Å². The summed E-state index contributed by atoms with van der Waals surface area (Å²) in [6.45, 7) is 6.17. The Kier molecular flexibility index (Phi) is 6.43. The van der Waals surface area contributed by atoms with Crippen LogP contribution in [0.5, 0.6) is 0 Å². The zero-order valence-corrected chi connectivity index (χ0v) is 14.0. The van der Waals surface area contributed by atoms with Crippen LogP contribution in [0.4, 0.5) is 10.5 Å². The molecule has 7 nitrogen and oxygen atoms in total. The summed E-state index contributed by atoms with van der Waals surface area (Å²) in [6, 6.07) is 0.0234. The minimum Gasteiger partial charge on any atom is -0.343 e. The van der Waals surface area contributed by atoms with Crippen LogP contribution < -0.4 is 10.6 Å². The molecule has 0 aliphatic carbocycles. The lowest BCUT2D eigenvalue weighted by Crippen LogP contribution is -2.35. The van der Waals surface area contributed by atoms with E-state index in [1.54, 1.807) is 17.1 Å². The second kappa shape index (κ2) is 8.55. The summed E-state index contributed by atoms with van der Waals surface area (Å²) in [6.07, 6.45) is 8.08. The molecule has 0 saturated carbocycles. The predicted molar refractivity (Wildman–Crippen MR) is 89.3 cm³/mol. The smallest absolute Gasteiger partial charge is 0.319 e. The number of nitrogens with zero attached hydrogens (tertiary/aromatic N) is 3. The third kappa shape index (κ3) is 5.58. The largest absolute Gasteiger partial charge is 0.343 e. The van der Waals surface area contributed by atoms with Crippen LogP contribution in [-0.2, 0) is 4.79 Å². The van der Waals surface area contributed by atoms with E-state index in [9.17, 15) is 9.59 Å². The van der Waals surface area contributed by atoms with Crippen molar-refractivity contribution < 1.29 is 9.59 Å². The van der Waals surface area contributed by atoms with Gasteiger partial charge in [-0.05, 0) is 33.1 Å². The Bertz CT molecular complexity index is 526. The first-order valence-electron chi connectivity index (χ1n) is 8.43. The Hall–Kier alpha value is -2.05. The number of hydrogen-bond acceptors (Lipinski definition) is 3. The van der Waals surface area contributed by atoms with Crippen molar-refractivity contribution in [2.24, 2.45) is 0 Å². The number of carbonyl (C=O) groups excluding carboxylic acids is 2. The molecule has 1 saturated heterocycles. The van der Waals surface area contributed by atoms with Gasteiger partial charge in [-0.3, -0.25) is 9.48 Å². The van der Waals surface area contributed by atoms with Gasteiger partial charge in [-0.1, -0.05) is 6.42 Å². The Morgan fingerprint density at radius 2 is 2.17 bits per heavy atom. The molecule has 1 fully saturated rings. The van der Waals surface area contributed by atoms with Crippen LogP contribution in [0.15, 0.2) is 12.4 Å². The van der Waals surface area contributed by atoms with E-state index < -0.39 is 0 Å². The topological polar surface area (TPSA) is 79.3 Å². The Balaban J connectivity index is 1.65. The van der Waals surface area contributed by atoms with E-state index in [0.29, 0.717) is 25.2 Å². The van der Waals surface area contributed by atoms with Crippen molar-refractivity contribution in [2.75, 3.05) is 25.0 Å². The van der Waals surface area contributed by atoms with Crippen molar-refractivity contribution in [3.8, 4) is 0 Å². The molecular formula is C16H27N5O2. The lowest BCUT2D eigenvalue weighted by Gasteiger charge is -2.20. The molecule has 2 rings (SSSR count). The van der Waals surface area contributed by atoms with Gasteiger partial charge in [-0.15, -0.1) is 0 Å². The molecule has 2 N–H and O–H groups in total. The number of nitrogens with one attached hydrogen (secondary N) is 2. The molecule has 0 unspecified atom stereocenters. The van der Waals surface area contributed by atoms with Crippen molar-refractivity contribution >= 4 is 17.6 Å². The number of urea groups is 1. The summed E-state index contributed by atoms with van der Waals surface area (Å²) in [5, 5.41) is 9.75. The summed E-state index contributed by atoms with van der Waals surface area (Å²) in [4.78, 5) is 25.6. The third-order valence-corrected chi connectivity index (χ3v) is 3.95. The van der Waals surface area contributed by atoms with E-state index in [-0.39, 0.29) is 18.0 Å². The molecule has 23 heavy (non-hydrogen) atoms. The SMILES string of the molecule is CC(C)n1cc(NC(=O)NCCCN2CCCCCC2=O)cn1. The standard InChI is InChI=1S/C16H27N5O2/c1-13(2)21-12-14(11-18-21)19-16(23)17-8-6-10-20-9-5-3-4-7-15(20)22/h11-13H,3-10H2,1-2H3,(H2,17,19,23). The number of likely N-dealkylation sites (tertiary alicyclic amines) is 1. The second-order valence-corrected chi connectivity index (χ2v) is 6.23. The number of rotatable bonds is 6. The van der Waals surface area contributed by atoms with Gasteiger partial charge in [0.15, 0.2) is 0 Å². The van der Waals surface area contributed by atoms with Crippen LogP contribution in [0.25, 0.3) is 0 Å². The molecule has 0 spiro atoms. The lowest BCUT2D eigenvalue weighted by molar-refractivity contribution is -0.130. The lowest BCUT2D eigenvalue weighted by atomic mass is 10.2. The van der Waals surface area contributed by atoms with E-state index >= 15 is 0 Å². The fraction of sp³-hybridized carbons (Fsp3) is 0.688. The van der Waals surface area contributed by atoms with Gasteiger partial charge in [0.1, 0.15) is 0 Å². The quantitative estimate of drug-likeness (QED) is 0.790. The van der Waals surface area contributed by atoms with E-state index in [1.165, 1.54) is 0 Å². The molecule has 3 amide bonds. The van der Waals surface area contributed by atoms with Gasteiger partial charge in [-0.25, -0.2) is 4.79 Å². The number of anilines is 1. The van der Waals surface area contributed by atoms with E-state index in [4.69, 9.17) is 0 Å². The normalized spacial score (nSPS) is 15.6. The van der Waals surface area contributed by atoms with Gasteiger partial charge < -0.3 is 15.5 Å². The molecule has 0 radical (unpaired) electrons. The Morgan fingerprint density at radius 1 is 1.35 bits per heavy atom. The maximum atomic E-state index is 11.9. The van der Waals surface area contributed by atoms with Crippen LogP contribution >= 0.6 is 0 Å². The van der Waals surface area contributed by atoms with Crippen molar-refractivity contribution in [3.05, 3.63) is 12.4 Å². The second-order valence-electron chi connectivity index (χ2n) is 6.23. The molecule has 1 aromatic rings. The fourth-order valence-electron chi connectivity index (χ4n) is 2.61. The number of carbonyl (C=O) groups is 2. The van der Waals surface area contributed by atoms with Gasteiger partial charge >= 0.3 is 6.03 Å². The van der Waals surface area contributed by atoms with E-state index in [1.807, 2.05) is 18.7 Å². The minimum absolute atomic E-state index is 0.240. The minimum atomic E-state index is -0.240. The highest BCUT2D eigenvalue weighted by atomic mass is 16.2. The number of amides is 3. The van der Waals surface area contributed by atoms with Gasteiger partial charge in [0.05, 0.1) is 11.9 Å². The molecule has 128 valence electrons. The van der Waals surface area contributed by atoms with Crippen molar-refractivity contribution in [3.63, 3.8) is 0 Å². The van der Waals surface area contributed by atoms with Gasteiger partial charge in [0.2, 0.25) is 5.91 Å². The van der Waals surface area contributed by atoms with Crippen molar-refractivity contribution in [1.82, 2.24) is 20.0 Å². The first kappa shape index (κ1) is 17.3. The third-order valence-electron chi connectivity index (χ3n) is 3.95. The summed E-state index contributed by atoms with van der Waals surface area (Å²) in [5.74, 6) is 0.244. The summed E-state index contributed by atoms with van der Waals surface area (Å²) in [5.41, 5.74) is 0.680. The van der Waals surface area contributed by atoms with Crippen LogP contribution in [-0.4, -0.2) is 46.3 Å². The maximum Gasteiger partial charge on any atom is 0.319 e. The monoisotopic (exact) mass is 321 g/mol. The molecule has 7 heteroatoms. The van der Waals surface area contributed by atoms with E-state index in [0.717, 1.165) is 32.2 Å². The molecule has 1 aromatic heterocycles. The van der Waals surface area contributed by atoms with Gasteiger partial charge in [-0.2, -0.15) is 5.10 Å². The van der Waals surface area contributed by atoms with Gasteiger partial charge in [0, 0.05) is 38.3 Å². The van der Waals surface area contributed by atoms with Crippen LogP contribution in [0.3, 0.4) is 0 Å². The summed E-state index contributed by atoms with van der Waals surface area (Å²) >= 11 is 0. The average Bonchev–Trinajstić information content (AvgIpc) is 2.88. The maximum absolute atomic E-state index is 11.9. The highest BCUT2D eigenvalue weighted by molar-refractivity contribution is 5.88. The Morgan fingerprint density at radius 3 is 2.91 bits per heavy atom.